The predicted octanol–water partition coefficient (Wildman–Crippen LogP) is 3.31. The maximum absolute atomic E-state index is 4.35. The second-order valence-electron chi connectivity index (χ2n) is 4.12. The number of hydrogen-bond acceptors (Lipinski definition) is 2. The Bertz CT molecular complexity index is 520. The van der Waals surface area contributed by atoms with Crippen LogP contribution in [-0.2, 0) is 13.0 Å². The monoisotopic (exact) mass is 307 g/mol. The maximum atomic E-state index is 4.35. The van der Waals surface area contributed by atoms with Crippen molar-refractivity contribution in [1.82, 2.24) is 14.9 Å². The first kappa shape index (κ1) is 13.3. The summed E-state index contributed by atoms with van der Waals surface area (Å²) in [5, 5.41) is 3.33. The van der Waals surface area contributed by atoms with Gasteiger partial charge in [0.2, 0.25) is 0 Å². The molecule has 1 aromatic carbocycles. The Balaban J connectivity index is 2.28. The SMILES string of the molecule is CCNCc1ccc(-n2ccnc2CC)cc1Br. The van der Waals surface area contributed by atoms with E-state index in [1.165, 1.54) is 5.56 Å². The molecule has 0 amide bonds. The lowest BCUT2D eigenvalue weighted by molar-refractivity contribution is 0.724. The van der Waals surface area contributed by atoms with Crippen LogP contribution in [0.5, 0.6) is 0 Å². The molecule has 0 atom stereocenters. The van der Waals surface area contributed by atoms with Crippen LogP contribution in [0.1, 0.15) is 25.2 Å². The summed E-state index contributed by atoms with van der Waals surface area (Å²) in [7, 11) is 0. The Morgan fingerprint density at radius 2 is 2.17 bits per heavy atom. The summed E-state index contributed by atoms with van der Waals surface area (Å²) in [5.74, 6) is 1.08. The molecule has 0 spiro atoms. The van der Waals surface area contributed by atoms with Gasteiger partial charge >= 0.3 is 0 Å². The number of hydrogen-bond donors (Lipinski definition) is 1. The van der Waals surface area contributed by atoms with Gasteiger partial charge in [0.05, 0.1) is 0 Å². The van der Waals surface area contributed by atoms with Gasteiger partial charge in [-0.25, -0.2) is 4.98 Å². The predicted molar refractivity (Wildman–Crippen MR) is 78.0 cm³/mol. The molecule has 0 bridgehead atoms. The van der Waals surface area contributed by atoms with Gasteiger partial charge in [0.1, 0.15) is 5.82 Å². The van der Waals surface area contributed by atoms with Crippen LogP contribution >= 0.6 is 15.9 Å². The Kier molecular flexibility index (Phi) is 4.55. The molecule has 0 aliphatic carbocycles. The van der Waals surface area contributed by atoms with Crippen LogP contribution in [-0.4, -0.2) is 16.1 Å². The van der Waals surface area contributed by atoms with Crippen LogP contribution in [0, 0.1) is 0 Å². The van der Waals surface area contributed by atoms with Crippen LogP contribution in [0.4, 0.5) is 0 Å². The van der Waals surface area contributed by atoms with Crippen LogP contribution in [0.3, 0.4) is 0 Å². The smallest absolute Gasteiger partial charge is 0.112 e. The van der Waals surface area contributed by atoms with E-state index in [-0.39, 0.29) is 0 Å². The molecular weight excluding hydrogens is 290 g/mol. The minimum Gasteiger partial charge on any atom is -0.313 e. The lowest BCUT2D eigenvalue weighted by Gasteiger charge is -2.10. The summed E-state index contributed by atoms with van der Waals surface area (Å²) in [6, 6.07) is 6.44. The van der Waals surface area contributed by atoms with Crippen LogP contribution in [0.2, 0.25) is 0 Å². The summed E-state index contributed by atoms with van der Waals surface area (Å²) in [5.41, 5.74) is 2.43. The van der Waals surface area contributed by atoms with Crippen molar-refractivity contribution >= 4 is 15.9 Å². The fourth-order valence-electron chi connectivity index (χ4n) is 1.92. The van der Waals surface area contributed by atoms with E-state index in [2.05, 4.69) is 62.8 Å². The average molecular weight is 308 g/mol. The molecule has 4 heteroatoms. The van der Waals surface area contributed by atoms with Crippen molar-refractivity contribution in [3.05, 3.63) is 46.5 Å². The summed E-state index contributed by atoms with van der Waals surface area (Å²) in [6.07, 6.45) is 4.79. The van der Waals surface area contributed by atoms with Crippen molar-refractivity contribution < 1.29 is 0 Å². The van der Waals surface area contributed by atoms with Crippen molar-refractivity contribution in [2.45, 2.75) is 26.8 Å². The zero-order chi connectivity index (χ0) is 13.0. The number of halogens is 1. The third-order valence-corrected chi connectivity index (χ3v) is 3.65. The minimum absolute atomic E-state index is 0.891. The first-order valence-corrected chi connectivity index (χ1v) is 7.07. The first-order chi connectivity index (χ1) is 8.76. The largest absolute Gasteiger partial charge is 0.313 e. The van der Waals surface area contributed by atoms with E-state index in [9.17, 15) is 0 Å². The van der Waals surface area contributed by atoms with Crippen molar-refractivity contribution in [2.24, 2.45) is 0 Å². The quantitative estimate of drug-likeness (QED) is 0.918. The molecule has 0 radical (unpaired) electrons. The van der Waals surface area contributed by atoms with Gasteiger partial charge in [-0.2, -0.15) is 0 Å². The zero-order valence-electron chi connectivity index (χ0n) is 10.8. The van der Waals surface area contributed by atoms with Crippen LogP contribution in [0.25, 0.3) is 5.69 Å². The van der Waals surface area contributed by atoms with Gasteiger partial charge in [-0.3, -0.25) is 0 Å². The Morgan fingerprint density at radius 3 is 2.83 bits per heavy atom. The number of imidazole rings is 1. The highest BCUT2D eigenvalue weighted by atomic mass is 79.9. The van der Waals surface area contributed by atoms with E-state index in [0.29, 0.717) is 0 Å². The summed E-state index contributed by atoms with van der Waals surface area (Å²) >= 11 is 3.64. The van der Waals surface area contributed by atoms with Gasteiger partial charge in [0, 0.05) is 35.5 Å². The molecule has 0 saturated carbocycles. The van der Waals surface area contributed by atoms with Crippen LogP contribution < -0.4 is 5.32 Å². The lowest BCUT2D eigenvalue weighted by Crippen LogP contribution is -2.12. The van der Waals surface area contributed by atoms with E-state index >= 15 is 0 Å². The molecule has 1 aromatic heterocycles. The maximum Gasteiger partial charge on any atom is 0.112 e. The topological polar surface area (TPSA) is 29.9 Å². The Labute approximate surface area is 116 Å². The number of rotatable bonds is 5. The molecule has 1 N–H and O–H groups in total. The van der Waals surface area contributed by atoms with Gasteiger partial charge in [-0.15, -0.1) is 0 Å². The zero-order valence-corrected chi connectivity index (χ0v) is 12.4. The fraction of sp³-hybridized carbons (Fsp3) is 0.357. The summed E-state index contributed by atoms with van der Waals surface area (Å²) in [4.78, 5) is 4.35. The Hall–Kier alpha value is -1.13. The highest BCUT2D eigenvalue weighted by molar-refractivity contribution is 9.10. The van der Waals surface area contributed by atoms with Gasteiger partial charge in [0.15, 0.2) is 0 Å². The highest BCUT2D eigenvalue weighted by Crippen LogP contribution is 2.21. The Morgan fingerprint density at radius 1 is 1.33 bits per heavy atom. The molecule has 0 aliphatic rings. The van der Waals surface area contributed by atoms with Crippen molar-refractivity contribution in [3.63, 3.8) is 0 Å². The van der Waals surface area contributed by atoms with Crippen molar-refractivity contribution in [2.75, 3.05) is 6.54 Å². The third kappa shape index (κ3) is 2.82. The second-order valence-corrected chi connectivity index (χ2v) is 4.98. The third-order valence-electron chi connectivity index (χ3n) is 2.91. The normalized spacial score (nSPS) is 10.8. The summed E-state index contributed by atoms with van der Waals surface area (Å²) in [6.45, 7) is 6.10. The molecule has 0 saturated heterocycles. The highest BCUT2D eigenvalue weighted by Gasteiger charge is 2.05. The molecule has 96 valence electrons. The average Bonchev–Trinajstić information content (AvgIpc) is 2.85. The van der Waals surface area contributed by atoms with Crippen molar-refractivity contribution in [3.8, 4) is 5.69 Å². The molecule has 18 heavy (non-hydrogen) atoms. The molecule has 0 fully saturated rings. The lowest BCUT2D eigenvalue weighted by atomic mass is 10.2. The van der Waals surface area contributed by atoms with Gasteiger partial charge in [-0.05, 0) is 24.2 Å². The fourth-order valence-corrected chi connectivity index (χ4v) is 2.43. The molecule has 0 aliphatic heterocycles. The second kappa shape index (κ2) is 6.16. The first-order valence-electron chi connectivity index (χ1n) is 6.28. The van der Waals surface area contributed by atoms with E-state index in [1.54, 1.807) is 0 Å². The molecule has 2 aromatic rings. The van der Waals surface area contributed by atoms with E-state index in [4.69, 9.17) is 0 Å². The van der Waals surface area contributed by atoms with E-state index < -0.39 is 0 Å². The molecule has 0 unspecified atom stereocenters. The summed E-state index contributed by atoms with van der Waals surface area (Å²) < 4.78 is 3.26. The molecular formula is C14H18BrN3. The van der Waals surface area contributed by atoms with E-state index in [1.807, 2.05) is 12.4 Å². The number of aryl methyl sites for hydroxylation is 1. The molecule has 3 nitrogen and oxygen atoms in total. The van der Waals surface area contributed by atoms with Gasteiger partial charge in [0.25, 0.3) is 0 Å². The van der Waals surface area contributed by atoms with Crippen LogP contribution in [0.15, 0.2) is 35.1 Å². The van der Waals surface area contributed by atoms with Gasteiger partial charge < -0.3 is 9.88 Å². The van der Waals surface area contributed by atoms with Crippen molar-refractivity contribution in [1.29, 1.82) is 0 Å². The number of nitrogens with one attached hydrogen (secondary N) is 1. The number of aromatic nitrogens is 2. The van der Waals surface area contributed by atoms with E-state index in [0.717, 1.165) is 35.5 Å². The van der Waals surface area contributed by atoms with Gasteiger partial charge in [-0.1, -0.05) is 35.8 Å². The number of nitrogens with zero attached hydrogens (tertiary/aromatic N) is 2. The molecule has 1 heterocycles. The molecule has 2 rings (SSSR count). The standard InChI is InChI=1S/C14H18BrN3/c1-3-14-17-7-8-18(14)12-6-5-11(10-16-4-2)13(15)9-12/h5-9,16H,3-4,10H2,1-2H3. The number of benzene rings is 1. The minimum atomic E-state index is 0.891.